The third-order valence-electron chi connectivity index (χ3n) is 0. The molecule has 0 heterocycles. The van der Waals surface area contributed by atoms with Crippen molar-refractivity contribution < 1.29 is 17.2 Å². The summed E-state index contributed by atoms with van der Waals surface area (Å²) < 4.78 is 37.9. The molecule has 0 N–H and O–H groups in total. The Labute approximate surface area is 91.8 Å². The van der Waals surface area contributed by atoms with E-state index in [1.54, 1.807) is 0 Å². The predicted molar refractivity (Wildman–Crippen MR) is 16.7 cm³/mol. The molecular weight excluding hydrogens is 237 g/mol. The number of hydrogen-bond donors (Lipinski definition) is 0. The molecule has 0 aromatic carbocycles. The Morgan fingerprint density at radius 3 is 1.17 bits per heavy atom. The zero-order valence-electron chi connectivity index (χ0n) is 2.99. The van der Waals surface area contributed by atoms with Crippen molar-refractivity contribution in [3.8, 4) is 0 Å². The van der Waals surface area contributed by atoms with Gasteiger partial charge in [-0.2, -0.15) is 0 Å². The van der Waals surface area contributed by atoms with Gasteiger partial charge in [-0.1, -0.05) is 0 Å². The Kier molecular flexibility index (Phi) is 7.30. The van der Waals surface area contributed by atoms with Crippen LogP contribution in [0.2, 0.25) is 0 Å². The molecule has 0 aromatic heterocycles. The van der Waals surface area contributed by atoms with Gasteiger partial charge in [0, 0.05) is 68.9 Å². The van der Waals surface area contributed by atoms with Gasteiger partial charge in [0.1, 0.15) is 0 Å². The Morgan fingerprint density at radius 2 is 1.17 bits per heavy atom. The summed E-state index contributed by atoms with van der Waals surface area (Å²) in [6, 6.07) is 0. The van der Waals surface area contributed by atoms with Gasteiger partial charge in [0.05, 0.1) is 0 Å². The van der Waals surface area contributed by atoms with Crippen LogP contribution in [0.25, 0.3) is 0 Å². The molecular formula is CsF3OP. The monoisotopic (exact) mass is 237 g/mol. The van der Waals surface area contributed by atoms with Gasteiger partial charge in [-0.3, -0.25) is 0 Å². The fourth-order valence-corrected chi connectivity index (χ4v) is 0. The number of halogens is 3. The second-order valence-corrected chi connectivity index (χ2v) is 1.20. The van der Waals surface area contributed by atoms with Crippen LogP contribution in [0.5, 0.6) is 0 Å². The number of hydrogen-bond acceptors (Lipinski definition) is 1. The zero-order chi connectivity index (χ0) is 4.50. The van der Waals surface area contributed by atoms with Gasteiger partial charge in [-0.15, -0.1) is 12.6 Å². The molecule has 0 aliphatic heterocycles. The van der Waals surface area contributed by atoms with E-state index in [0.29, 0.717) is 0 Å². The molecule has 6 heavy (non-hydrogen) atoms. The molecule has 0 fully saturated rings. The van der Waals surface area contributed by atoms with Gasteiger partial charge in [0.15, 0.2) is 0 Å². The average Bonchev–Trinajstić information content (AvgIpc) is 0.722. The van der Waals surface area contributed by atoms with Gasteiger partial charge in [-0.05, 0) is 0 Å². The third-order valence-corrected chi connectivity index (χ3v) is 0. The smallest absolute Gasteiger partial charge is 0.215 e. The molecule has 0 aromatic rings. The minimum absolute atomic E-state index is 0. The Bertz CT molecular complexity index is 56.9. The summed E-state index contributed by atoms with van der Waals surface area (Å²) >= 11 is 0. The largest absolute Gasteiger partial charge is 0.591 e. The van der Waals surface area contributed by atoms with Gasteiger partial charge in [0.2, 0.25) is 0 Å². The summed E-state index contributed by atoms with van der Waals surface area (Å²) in [6.45, 7) is 0. The van der Waals surface area contributed by atoms with Crippen LogP contribution < -0.4 is 0 Å². The molecule has 6 heteroatoms. The van der Waals surface area contributed by atoms with Crippen LogP contribution >= 0.6 is 8.07 Å². The average molecular weight is 237 g/mol. The molecule has 33 valence electrons. The van der Waals surface area contributed by atoms with E-state index in [4.69, 9.17) is 4.57 Å². The van der Waals surface area contributed by atoms with Crippen molar-refractivity contribution in [2.75, 3.05) is 0 Å². The van der Waals surface area contributed by atoms with Crippen molar-refractivity contribution in [1.82, 2.24) is 0 Å². The minimum atomic E-state index is -6.14. The first kappa shape index (κ1) is 10.9. The van der Waals surface area contributed by atoms with Crippen molar-refractivity contribution in [1.29, 1.82) is 0 Å². The molecule has 0 saturated heterocycles. The molecule has 0 aliphatic carbocycles. The summed E-state index contributed by atoms with van der Waals surface area (Å²) in [7, 11) is -6.14. The second kappa shape index (κ2) is 4.00. The molecule has 0 unspecified atom stereocenters. The first-order chi connectivity index (χ1) is 2.00. The van der Waals surface area contributed by atoms with E-state index in [9.17, 15) is 12.6 Å². The van der Waals surface area contributed by atoms with E-state index in [1.165, 1.54) is 0 Å². The normalized spacial score (nSPS) is 9.83. The van der Waals surface area contributed by atoms with Crippen LogP contribution in [0.1, 0.15) is 0 Å². The molecule has 1 nitrogen and oxygen atoms in total. The van der Waals surface area contributed by atoms with Crippen LogP contribution in [0, 0.1) is 0 Å². The topological polar surface area (TPSA) is 17.1 Å². The maximum absolute atomic E-state index is 9.91. The summed E-state index contributed by atoms with van der Waals surface area (Å²) in [5.74, 6) is 0. The first-order valence-corrected chi connectivity index (χ1v) is 2.07. The fraction of sp³-hybridized carbons (Fsp3) is 0. The predicted octanol–water partition coefficient (Wildman–Crippen LogP) is 1.62. The summed E-state index contributed by atoms with van der Waals surface area (Å²) in [6.07, 6.45) is 0. The van der Waals surface area contributed by atoms with Gasteiger partial charge in [0.25, 0.3) is 0 Å². The fourth-order valence-electron chi connectivity index (χ4n) is 0. The van der Waals surface area contributed by atoms with Crippen molar-refractivity contribution in [3.63, 3.8) is 0 Å². The van der Waals surface area contributed by atoms with E-state index in [-0.39, 0.29) is 68.9 Å². The molecule has 1 radical (unpaired) electrons. The van der Waals surface area contributed by atoms with E-state index in [1.807, 2.05) is 0 Å². The zero-order valence-corrected chi connectivity index (χ0v) is 10.2. The molecule has 0 aliphatic rings. The summed E-state index contributed by atoms with van der Waals surface area (Å²) in [4.78, 5) is 0. The van der Waals surface area contributed by atoms with Gasteiger partial charge >= 0.3 is 8.07 Å². The van der Waals surface area contributed by atoms with Gasteiger partial charge < -0.3 is 0 Å². The van der Waals surface area contributed by atoms with Gasteiger partial charge in [-0.25, -0.2) is 4.57 Å². The molecule has 0 rings (SSSR count). The third kappa shape index (κ3) is 36.4. The minimum Gasteiger partial charge on any atom is -0.215 e. The van der Waals surface area contributed by atoms with Crippen molar-refractivity contribution in [2.24, 2.45) is 0 Å². The van der Waals surface area contributed by atoms with E-state index in [2.05, 4.69) is 0 Å². The van der Waals surface area contributed by atoms with E-state index < -0.39 is 8.07 Å². The van der Waals surface area contributed by atoms with Crippen LogP contribution in [-0.4, -0.2) is 68.9 Å². The van der Waals surface area contributed by atoms with Crippen LogP contribution in [-0.2, 0) is 4.57 Å². The molecule has 0 bridgehead atoms. The molecule has 0 atom stereocenters. The van der Waals surface area contributed by atoms with Crippen molar-refractivity contribution >= 4 is 77.0 Å². The van der Waals surface area contributed by atoms with Crippen molar-refractivity contribution in [2.45, 2.75) is 0 Å². The molecule has 0 spiro atoms. The molecule has 0 amide bonds. The Balaban J connectivity index is 0. The van der Waals surface area contributed by atoms with E-state index in [0.717, 1.165) is 0 Å². The summed E-state index contributed by atoms with van der Waals surface area (Å²) in [5.41, 5.74) is 0. The van der Waals surface area contributed by atoms with Crippen LogP contribution in [0.15, 0.2) is 0 Å². The van der Waals surface area contributed by atoms with Crippen LogP contribution in [0.4, 0.5) is 12.6 Å². The number of rotatable bonds is 0. The Morgan fingerprint density at radius 1 is 1.17 bits per heavy atom. The second-order valence-electron chi connectivity index (χ2n) is 0.399. The Hall–Kier alpha value is 2.07. The summed E-state index contributed by atoms with van der Waals surface area (Å²) in [5, 5.41) is 0. The van der Waals surface area contributed by atoms with Crippen LogP contribution in [0.3, 0.4) is 0 Å². The van der Waals surface area contributed by atoms with Crippen molar-refractivity contribution in [3.05, 3.63) is 0 Å². The maximum Gasteiger partial charge on any atom is 0.591 e. The first-order valence-electron chi connectivity index (χ1n) is 0.690. The molecule has 0 saturated carbocycles. The van der Waals surface area contributed by atoms with E-state index >= 15 is 0 Å². The maximum atomic E-state index is 9.91. The quantitative estimate of drug-likeness (QED) is 0.585. The SMILES string of the molecule is O=P(F)(F)F.[Cs]. The standard InChI is InChI=1S/Cs.F3OP/c;1-5(2,3)4.